The average molecular weight is 250 g/mol. The first-order valence-electron chi connectivity index (χ1n) is 6.41. The predicted octanol–water partition coefficient (Wildman–Crippen LogP) is 3.55. The number of phenols is 2. The summed E-state index contributed by atoms with van der Waals surface area (Å²) >= 11 is 0. The van der Waals surface area contributed by atoms with Crippen LogP contribution in [0.1, 0.15) is 52.0 Å². The van der Waals surface area contributed by atoms with E-state index in [1.54, 1.807) is 6.07 Å². The number of benzene rings is 1. The Kier molecular flexibility index (Phi) is 3.06. The van der Waals surface area contributed by atoms with Crippen molar-refractivity contribution in [3.8, 4) is 11.5 Å². The fraction of sp³-hybridized carbons (Fsp3) is 0.600. The van der Waals surface area contributed by atoms with E-state index in [9.17, 15) is 10.2 Å². The van der Waals surface area contributed by atoms with Crippen molar-refractivity contribution in [2.24, 2.45) is 0 Å². The molecule has 2 rings (SSSR count). The Bertz CT molecular complexity index is 433. The first-order chi connectivity index (χ1) is 8.19. The molecular formula is C15H22O3. The van der Waals surface area contributed by atoms with E-state index in [0.29, 0.717) is 0 Å². The zero-order valence-electron chi connectivity index (χ0n) is 11.5. The largest absolute Gasteiger partial charge is 0.508 e. The Morgan fingerprint density at radius 3 is 2.11 bits per heavy atom. The standard InChI is InChI=1S/C15H22O3/c1-14(2)8-10(9-15(3,4)18-14)12-6-5-11(16)7-13(12)17/h5-7,10,16-17H,8-9H2,1-4H3. The van der Waals surface area contributed by atoms with Crippen LogP contribution in [-0.4, -0.2) is 21.4 Å². The average Bonchev–Trinajstić information content (AvgIpc) is 2.11. The molecule has 1 saturated heterocycles. The Morgan fingerprint density at radius 2 is 1.61 bits per heavy atom. The van der Waals surface area contributed by atoms with Gasteiger partial charge in [0.1, 0.15) is 11.5 Å². The summed E-state index contributed by atoms with van der Waals surface area (Å²) in [5, 5.41) is 19.3. The highest BCUT2D eigenvalue weighted by Crippen LogP contribution is 2.45. The van der Waals surface area contributed by atoms with E-state index in [2.05, 4.69) is 27.7 Å². The molecule has 18 heavy (non-hydrogen) atoms. The van der Waals surface area contributed by atoms with Gasteiger partial charge in [0.25, 0.3) is 0 Å². The van der Waals surface area contributed by atoms with Crippen LogP contribution < -0.4 is 0 Å². The third-order valence-corrected chi connectivity index (χ3v) is 3.48. The third kappa shape index (κ3) is 2.78. The molecule has 2 N–H and O–H groups in total. The van der Waals surface area contributed by atoms with Crippen molar-refractivity contribution in [3.05, 3.63) is 23.8 Å². The molecular weight excluding hydrogens is 228 g/mol. The van der Waals surface area contributed by atoms with Gasteiger partial charge in [0.05, 0.1) is 11.2 Å². The molecule has 1 aromatic rings. The van der Waals surface area contributed by atoms with E-state index >= 15 is 0 Å². The molecule has 100 valence electrons. The van der Waals surface area contributed by atoms with E-state index < -0.39 is 0 Å². The highest BCUT2D eigenvalue weighted by atomic mass is 16.5. The number of hydrogen-bond acceptors (Lipinski definition) is 3. The van der Waals surface area contributed by atoms with Crippen molar-refractivity contribution in [2.45, 2.75) is 57.7 Å². The Labute approximate surface area is 108 Å². The quantitative estimate of drug-likeness (QED) is 0.801. The molecule has 0 atom stereocenters. The second-order valence-corrected chi connectivity index (χ2v) is 6.47. The van der Waals surface area contributed by atoms with Gasteiger partial charge in [-0.05, 0) is 58.1 Å². The van der Waals surface area contributed by atoms with E-state index in [-0.39, 0.29) is 28.6 Å². The summed E-state index contributed by atoms with van der Waals surface area (Å²) in [5.74, 6) is 0.527. The normalized spacial score (nSPS) is 22.9. The molecule has 1 fully saturated rings. The van der Waals surface area contributed by atoms with Crippen molar-refractivity contribution >= 4 is 0 Å². The minimum atomic E-state index is -0.198. The number of hydrogen-bond donors (Lipinski definition) is 2. The summed E-state index contributed by atoms with van der Waals surface area (Å²) in [6.07, 6.45) is 1.74. The lowest BCUT2D eigenvalue weighted by molar-refractivity contribution is -0.162. The highest BCUT2D eigenvalue weighted by molar-refractivity contribution is 5.41. The minimum absolute atomic E-state index is 0.0989. The van der Waals surface area contributed by atoms with Crippen molar-refractivity contribution < 1.29 is 14.9 Å². The molecule has 0 aliphatic carbocycles. The summed E-state index contributed by atoms with van der Waals surface area (Å²) in [7, 11) is 0. The highest BCUT2D eigenvalue weighted by Gasteiger charge is 2.40. The first-order valence-corrected chi connectivity index (χ1v) is 6.41. The molecule has 3 nitrogen and oxygen atoms in total. The number of phenolic OH excluding ortho intramolecular Hbond substituents is 2. The number of rotatable bonds is 1. The maximum absolute atomic E-state index is 9.98. The van der Waals surface area contributed by atoms with Gasteiger partial charge in [0.15, 0.2) is 0 Å². The van der Waals surface area contributed by atoms with Crippen molar-refractivity contribution in [3.63, 3.8) is 0 Å². The van der Waals surface area contributed by atoms with Crippen LogP contribution in [0.15, 0.2) is 18.2 Å². The molecule has 1 aromatic carbocycles. The van der Waals surface area contributed by atoms with E-state index in [4.69, 9.17) is 4.74 Å². The van der Waals surface area contributed by atoms with Crippen LogP contribution in [0, 0.1) is 0 Å². The second-order valence-electron chi connectivity index (χ2n) is 6.47. The fourth-order valence-electron chi connectivity index (χ4n) is 3.19. The van der Waals surface area contributed by atoms with Gasteiger partial charge in [-0.2, -0.15) is 0 Å². The Morgan fingerprint density at radius 1 is 1.06 bits per heavy atom. The predicted molar refractivity (Wildman–Crippen MR) is 71.0 cm³/mol. The zero-order chi connectivity index (χ0) is 13.6. The molecule has 1 heterocycles. The van der Waals surface area contributed by atoms with Gasteiger partial charge in [-0.25, -0.2) is 0 Å². The van der Waals surface area contributed by atoms with Crippen LogP contribution in [0.5, 0.6) is 11.5 Å². The maximum Gasteiger partial charge on any atom is 0.122 e. The van der Waals surface area contributed by atoms with Gasteiger partial charge in [-0.1, -0.05) is 6.07 Å². The summed E-state index contributed by atoms with van der Waals surface area (Å²) in [6.45, 7) is 8.33. The Hall–Kier alpha value is -1.22. The molecule has 3 heteroatoms. The maximum atomic E-state index is 9.98. The van der Waals surface area contributed by atoms with Crippen molar-refractivity contribution in [2.75, 3.05) is 0 Å². The zero-order valence-corrected chi connectivity index (χ0v) is 11.5. The van der Waals surface area contributed by atoms with Gasteiger partial charge in [-0.15, -0.1) is 0 Å². The summed E-state index contributed by atoms with van der Waals surface area (Å²) in [4.78, 5) is 0. The SMILES string of the molecule is CC1(C)CC(c2ccc(O)cc2O)CC(C)(C)O1. The second kappa shape index (κ2) is 4.16. The van der Waals surface area contributed by atoms with Gasteiger partial charge in [0, 0.05) is 6.07 Å². The Balaban J connectivity index is 2.32. The van der Waals surface area contributed by atoms with Crippen LogP contribution in [0.4, 0.5) is 0 Å². The summed E-state index contributed by atoms with van der Waals surface area (Å²) in [5.41, 5.74) is 0.505. The topological polar surface area (TPSA) is 49.7 Å². The van der Waals surface area contributed by atoms with E-state index in [1.807, 2.05) is 6.07 Å². The van der Waals surface area contributed by atoms with Crippen molar-refractivity contribution in [1.82, 2.24) is 0 Å². The van der Waals surface area contributed by atoms with Gasteiger partial charge in [-0.3, -0.25) is 0 Å². The van der Waals surface area contributed by atoms with Crippen LogP contribution in [0.25, 0.3) is 0 Å². The van der Waals surface area contributed by atoms with Crippen LogP contribution >= 0.6 is 0 Å². The van der Waals surface area contributed by atoms with Crippen LogP contribution in [0.2, 0.25) is 0 Å². The molecule has 0 saturated carbocycles. The lowest BCUT2D eigenvalue weighted by Gasteiger charge is -2.45. The van der Waals surface area contributed by atoms with Gasteiger partial charge < -0.3 is 14.9 Å². The summed E-state index contributed by atoms with van der Waals surface area (Å²) in [6, 6.07) is 4.85. The molecule has 0 aromatic heterocycles. The van der Waals surface area contributed by atoms with E-state index in [1.165, 1.54) is 6.07 Å². The van der Waals surface area contributed by atoms with Gasteiger partial charge in [0.2, 0.25) is 0 Å². The van der Waals surface area contributed by atoms with Gasteiger partial charge >= 0.3 is 0 Å². The third-order valence-electron chi connectivity index (χ3n) is 3.48. The van der Waals surface area contributed by atoms with Crippen molar-refractivity contribution in [1.29, 1.82) is 0 Å². The molecule has 0 amide bonds. The lowest BCUT2D eigenvalue weighted by atomic mass is 9.77. The molecule has 0 unspecified atom stereocenters. The molecule has 0 radical (unpaired) electrons. The lowest BCUT2D eigenvalue weighted by Crippen LogP contribution is -2.44. The molecule has 0 bridgehead atoms. The monoisotopic (exact) mass is 250 g/mol. The first kappa shape index (κ1) is 13.2. The van der Waals surface area contributed by atoms with Crippen LogP contribution in [-0.2, 0) is 4.74 Å². The molecule has 1 aliphatic rings. The number of aromatic hydroxyl groups is 2. The van der Waals surface area contributed by atoms with Crippen LogP contribution in [0.3, 0.4) is 0 Å². The molecule has 1 aliphatic heterocycles. The number of ether oxygens (including phenoxy) is 1. The van der Waals surface area contributed by atoms with E-state index in [0.717, 1.165) is 18.4 Å². The summed E-state index contributed by atoms with van der Waals surface area (Å²) < 4.78 is 6.05. The fourth-order valence-corrected chi connectivity index (χ4v) is 3.19. The molecule has 0 spiro atoms. The minimum Gasteiger partial charge on any atom is -0.508 e. The smallest absolute Gasteiger partial charge is 0.122 e.